The molecule has 6 nitrogen and oxygen atoms in total. The van der Waals surface area contributed by atoms with Crippen molar-refractivity contribution in [3.63, 3.8) is 0 Å². The fourth-order valence-corrected chi connectivity index (χ4v) is 3.54. The number of ether oxygens (including phenoxy) is 1. The summed E-state index contributed by atoms with van der Waals surface area (Å²) in [4.78, 5) is 22.0. The van der Waals surface area contributed by atoms with Crippen LogP contribution in [0.1, 0.15) is 48.7 Å². The third kappa shape index (κ3) is 4.70. The van der Waals surface area contributed by atoms with E-state index in [1.807, 2.05) is 30.8 Å². The molecule has 1 saturated carbocycles. The lowest BCUT2D eigenvalue weighted by atomic mass is 10.2. The van der Waals surface area contributed by atoms with E-state index in [0.29, 0.717) is 23.7 Å². The highest BCUT2D eigenvalue weighted by Crippen LogP contribution is 2.39. The summed E-state index contributed by atoms with van der Waals surface area (Å²) in [5.41, 5.74) is 2.98. The van der Waals surface area contributed by atoms with Gasteiger partial charge in [0, 0.05) is 32.8 Å². The Bertz CT molecular complexity index is 791. The predicted molar refractivity (Wildman–Crippen MR) is 106 cm³/mol. The van der Waals surface area contributed by atoms with E-state index in [4.69, 9.17) is 9.72 Å². The van der Waals surface area contributed by atoms with Crippen LogP contribution in [0.5, 0.6) is 0 Å². The van der Waals surface area contributed by atoms with Gasteiger partial charge >= 0.3 is 0 Å². The van der Waals surface area contributed by atoms with Crippen molar-refractivity contribution in [1.82, 2.24) is 19.9 Å². The van der Waals surface area contributed by atoms with Crippen LogP contribution in [0.15, 0.2) is 12.4 Å². The van der Waals surface area contributed by atoms with Crippen LogP contribution in [-0.2, 0) is 11.5 Å². The van der Waals surface area contributed by atoms with Gasteiger partial charge in [0.05, 0.1) is 17.5 Å². The molecule has 3 rings (SSSR count). The average molecular weight is 375 g/mol. The second-order valence-corrected chi connectivity index (χ2v) is 14.4. The highest BCUT2D eigenvalue weighted by molar-refractivity contribution is 6.76. The first-order valence-electron chi connectivity index (χ1n) is 9.49. The molecule has 0 bridgehead atoms. The molecule has 26 heavy (non-hydrogen) atoms. The number of nitrogens with zero attached hydrogens (tertiary/aromatic N) is 3. The molecule has 0 spiro atoms. The van der Waals surface area contributed by atoms with Crippen LogP contribution in [0.4, 0.5) is 0 Å². The van der Waals surface area contributed by atoms with Crippen molar-refractivity contribution >= 4 is 25.1 Å². The molecular weight excluding hydrogens is 344 g/mol. The summed E-state index contributed by atoms with van der Waals surface area (Å²) in [6.45, 7) is 12.0. The predicted octanol–water partition coefficient (Wildman–Crippen LogP) is 3.76. The Morgan fingerprint density at radius 3 is 2.73 bits per heavy atom. The van der Waals surface area contributed by atoms with Crippen molar-refractivity contribution in [2.24, 2.45) is 0 Å². The average Bonchev–Trinajstić information content (AvgIpc) is 3.32. The number of amides is 1. The Balaban J connectivity index is 1.84. The lowest BCUT2D eigenvalue weighted by Gasteiger charge is -2.15. The zero-order valence-corrected chi connectivity index (χ0v) is 17.5. The van der Waals surface area contributed by atoms with Gasteiger partial charge in [-0.2, -0.15) is 0 Å². The molecule has 7 heteroatoms. The molecule has 1 aliphatic rings. The summed E-state index contributed by atoms with van der Waals surface area (Å²) in [6, 6.07) is 1.19. The van der Waals surface area contributed by atoms with Gasteiger partial charge in [-0.05, 0) is 32.7 Å². The zero-order valence-electron chi connectivity index (χ0n) is 16.5. The summed E-state index contributed by atoms with van der Waals surface area (Å²) in [6.07, 6.45) is 6.00. The largest absolute Gasteiger partial charge is 0.361 e. The molecule has 2 aromatic heterocycles. The minimum Gasteiger partial charge on any atom is -0.361 e. The molecule has 0 unspecified atom stereocenters. The number of nitrogens with one attached hydrogen (secondary N) is 1. The van der Waals surface area contributed by atoms with E-state index >= 15 is 0 Å². The van der Waals surface area contributed by atoms with Crippen molar-refractivity contribution < 1.29 is 9.53 Å². The first kappa shape index (κ1) is 19.0. The Hall–Kier alpha value is -1.73. The molecule has 2 heterocycles. The lowest BCUT2D eigenvalue weighted by Crippen LogP contribution is -2.30. The van der Waals surface area contributed by atoms with E-state index in [1.54, 1.807) is 0 Å². The smallest absolute Gasteiger partial charge is 0.255 e. The molecule has 0 aliphatic heterocycles. The van der Waals surface area contributed by atoms with Gasteiger partial charge in [0.2, 0.25) is 0 Å². The van der Waals surface area contributed by atoms with Crippen molar-refractivity contribution in [1.29, 1.82) is 0 Å². The first-order chi connectivity index (χ1) is 12.2. The van der Waals surface area contributed by atoms with Crippen molar-refractivity contribution in [3.8, 4) is 0 Å². The minimum absolute atomic E-state index is 0.0773. The summed E-state index contributed by atoms with van der Waals surface area (Å²) in [7, 11) is -1.12. The van der Waals surface area contributed by atoms with Crippen LogP contribution < -0.4 is 5.32 Å². The van der Waals surface area contributed by atoms with Gasteiger partial charge < -0.3 is 14.6 Å². The van der Waals surface area contributed by atoms with Gasteiger partial charge in [0.15, 0.2) is 5.65 Å². The number of hydrogen-bond donors (Lipinski definition) is 1. The Morgan fingerprint density at radius 1 is 1.38 bits per heavy atom. The number of aromatic nitrogens is 3. The second kappa shape index (κ2) is 7.48. The van der Waals surface area contributed by atoms with E-state index in [0.717, 1.165) is 36.8 Å². The highest BCUT2D eigenvalue weighted by atomic mass is 28.3. The summed E-state index contributed by atoms with van der Waals surface area (Å²) < 4.78 is 7.77. The van der Waals surface area contributed by atoms with Gasteiger partial charge in [-0.25, -0.2) is 9.97 Å². The van der Waals surface area contributed by atoms with Crippen LogP contribution in [0, 0.1) is 0 Å². The number of carbonyl (C=O) groups is 1. The van der Waals surface area contributed by atoms with Crippen molar-refractivity contribution in [2.75, 3.05) is 6.61 Å². The standard InChI is InChI=1S/C19H30N4O2Si/c1-13(2)21-19(24)15-11-23(12-25-8-9-26(3,4)5)18-17(15)22-16(10-20-18)14-6-7-14/h10-11,13-14H,6-9,12H2,1-5H3,(H,21,24). The van der Waals surface area contributed by atoms with E-state index in [1.165, 1.54) is 0 Å². The number of carbonyl (C=O) groups excluding carboxylic acids is 1. The van der Waals surface area contributed by atoms with Gasteiger partial charge in [0.25, 0.3) is 5.91 Å². The highest BCUT2D eigenvalue weighted by Gasteiger charge is 2.27. The third-order valence-corrected chi connectivity index (χ3v) is 6.17. The Kier molecular flexibility index (Phi) is 5.48. The quantitative estimate of drug-likeness (QED) is 0.564. The summed E-state index contributed by atoms with van der Waals surface area (Å²) >= 11 is 0. The van der Waals surface area contributed by atoms with Crippen LogP contribution in [0.25, 0.3) is 11.2 Å². The van der Waals surface area contributed by atoms with E-state index in [9.17, 15) is 4.79 Å². The topological polar surface area (TPSA) is 69.0 Å². The Morgan fingerprint density at radius 2 is 2.12 bits per heavy atom. The molecule has 1 N–H and O–H groups in total. The van der Waals surface area contributed by atoms with Gasteiger partial charge in [-0.1, -0.05) is 19.6 Å². The van der Waals surface area contributed by atoms with Crippen molar-refractivity contribution in [3.05, 3.63) is 23.7 Å². The molecule has 0 saturated heterocycles. The lowest BCUT2D eigenvalue weighted by molar-refractivity contribution is 0.0890. The monoisotopic (exact) mass is 374 g/mol. The maximum atomic E-state index is 12.6. The molecular formula is C19H30N4O2Si. The number of fused-ring (bicyclic) bond motifs is 1. The van der Waals surface area contributed by atoms with Crippen LogP contribution in [0.2, 0.25) is 25.7 Å². The Labute approximate surface area is 156 Å². The first-order valence-corrected chi connectivity index (χ1v) is 13.2. The van der Waals surface area contributed by atoms with Gasteiger partial charge in [0.1, 0.15) is 12.2 Å². The molecule has 142 valence electrons. The molecule has 1 amide bonds. The summed E-state index contributed by atoms with van der Waals surface area (Å²) in [5.74, 6) is 0.400. The number of rotatable bonds is 8. The normalized spacial score (nSPS) is 15.0. The molecule has 0 atom stereocenters. The number of hydrogen-bond acceptors (Lipinski definition) is 4. The van der Waals surface area contributed by atoms with E-state index in [2.05, 4.69) is 29.9 Å². The van der Waals surface area contributed by atoms with Gasteiger partial charge in [-0.3, -0.25) is 4.79 Å². The fourth-order valence-electron chi connectivity index (χ4n) is 2.79. The van der Waals surface area contributed by atoms with Crippen molar-refractivity contribution in [2.45, 2.75) is 71.1 Å². The second-order valence-electron chi connectivity index (χ2n) is 8.73. The minimum atomic E-state index is -1.12. The molecule has 0 radical (unpaired) electrons. The maximum Gasteiger partial charge on any atom is 0.255 e. The SMILES string of the molecule is CC(C)NC(=O)c1cn(COCC[Si](C)(C)C)c2ncc(C3CC3)nc12. The zero-order chi connectivity index (χ0) is 18.9. The molecule has 1 fully saturated rings. The van der Waals surface area contributed by atoms with Gasteiger partial charge in [-0.15, -0.1) is 0 Å². The van der Waals surface area contributed by atoms with Crippen LogP contribution in [-0.4, -0.2) is 41.2 Å². The van der Waals surface area contributed by atoms with E-state index in [-0.39, 0.29) is 11.9 Å². The fraction of sp³-hybridized carbons (Fsp3) is 0.632. The van der Waals surface area contributed by atoms with Crippen LogP contribution in [0.3, 0.4) is 0 Å². The maximum absolute atomic E-state index is 12.6. The van der Waals surface area contributed by atoms with E-state index < -0.39 is 8.07 Å². The molecule has 0 aromatic carbocycles. The molecule has 2 aromatic rings. The third-order valence-electron chi connectivity index (χ3n) is 4.47. The summed E-state index contributed by atoms with van der Waals surface area (Å²) in [5, 5.41) is 2.96. The molecule has 1 aliphatic carbocycles. The van der Waals surface area contributed by atoms with Crippen LogP contribution >= 0.6 is 0 Å².